The number of ether oxygens (including phenoxy) is 2. The van der Waals surface area contributed by atoms with Gasteiger partial charge in [-0.1, -0.05) is 24.3 Å². The number of thiophene rings is 1. The van der Waals surface area contributed by atoms with E-state index >= 15 is 0 Å². The van der Waals surface area contributed by atoms with Crippen LogP contribution in [-0.2, 0) is 4.79 Å². The van der Waals surface area contributed by atoms with Gasteiger partial charge in [0.05, 0.1) is 18.4 Å². The summed E-state index contributed by atoms with van der Waals surface area (Å²) in [5, 5.41) is 4.51. The van der Waals surface area contributed by atoms with Crippen LogP contribution in [0.4, 0.5) is 0 Å². The van der Waals surface area contributed by atoms with Crippen molar-refractivity contribution in [1.82, 2.24) is 5.32 Å². The monoisotopic (exact) mass is 345 g/mol. The zero-order valence-electron chi connectivity index (χ0n) is 13.6. The van der Waals surface area contributed by atoms with Gasteiger partial charge in [0.1, 0.15) is 0 Å². The molecule has 126 valence electrons. The summed E-state index contributed by atoms with van der Waals surface area (Å²) in [7, 11) is 1.52. The first kappa shape index (κ1) is 17.7. The average molecular weight is 345 g/mol. The second kappa shape index (κ2) is 8.88. The van der Waals surface area contributed by atoms with Crippen molar-refractivity contribution in [2.24, 2.45) is 0 Å². The Morgan fingerprint density at radius 2 is 2.08 bits per heavy atom. The third-order valence-corrected chi connectivity index (χ3v) is 4.00. The molecule has 0 atom stereocenters. The Morgan fingerprint density at radius 1 is 1.25 bits per heavy atom. The fourth-order valence-electron chi connectivity index (χ4n) is 2.01. The zero-order valence-corrected chi connectivity index (χ0v) is 14.4. The first-order valence-corrected chi connectivity index (χ1v) is 8.35. The van der Waals surface area contributed by atoms with E-state index in [1.165, 1.54) is 18.4 Å². The molecule has 1 N–H and O–H groups in total. The van der Waals surface area contributed by atoms with Gasteiger partial charge in [0.2, 0.25) is 0 Å². The van der Waals surface area contributed by atoms with E-state index in [1.54, 1.807) is 24.3 Å². The van der Waals surface area contributed by atoms with Gasteiger partial charge >= 0.3 is 5.97 Å². The maximum absolute atomic E-state index is 11.9. The number of esters is 1. The van der Waals surface area contributed by atoms with E-state index in [9.17, 15) is 9.59 Å². The number of rotatable bonds is 7. The third-order valence-electron chi connectivity index (χ3n) is 3.13. The van der Waals surface area contributed by atoms with Crippen LogP contribution in [0, 0.1) is 0 Å². The number of hydrogen-bond acceptors (Lipinski definition) is 5. The van der Waals surface area contributed by atoms with Gasteiger partial charge < -0.3 is 14.8 Å². The smallest absolute Gasteiger partial charge is 0.313 e. The molecule has 1 heterocycles. The van der Waals surface area contributed by atoms with E-state index in [0.717, 1.165) is 5.56 Å². The van der Waals surface area contributed by atoms with Crippen molar-refractivity contribution >= 4 is 29.3 Å². The molecule has 0 fully saturated rings. The fourth-order valence-corrected chi connectivity index (χ4v) is 2.65. The summed E-state index contributed by atoms with van der Waals surface area (Å²) in [6.07, 6.45) is 3.92. The van der Waals surface area contributed by atoms with E-state index < -0.39 is 5.97 Å². The number of nitrogens with one attached hydrogen (secondary N) is 1. The molecule has 5 nitrogen and oxygen atoms in total. The number of benzene rings is 1. The van der Waals surface area contributed by atoms with E-state index in [2.05, 4.69) is 5.32 Å². The van der Waals surface area contributed by atoms with Crippen LogP contribution in [-0.4, -0.2) is 25.5 Å². The molecule has 0 bridgehead atoms. The van der Waals surface area contributed by atoms with Crippen molar-refractivity contribution in [1.29, 1.82) is 0 Å². The van der Waals surface area contributed by atoms with Gasteiger partial charge in [-0.15, -0.1) is 11.3 Å². The van der Waals surface area contributed by atoms with Gasteiger partial charge in [-0.05, 0) is 36.1 Å². The molecule has 0 saturated heterocycles. The minimum Gasteiger partial charge on any atom is -0.493 e. The standard InChI is InChI=1S/C18H19NO4S/c1-3-5-13-7-8-14(15(12-13)22-2)23-17(20)9-10-19-18(21)16-6-4-11-24-16/h3-8,11-12H,9-10H2,1-2H3,(H,19,21)/b5-3+. The maximum atomic E-state index is 11.9. The molecule has 0 aliphatic heterocycles. The van der Waals surface area contributed by atoms with Gasteiger partial charge in [-0.25, -0.2) is 0 Å². The van der Waals surface area contributed by atoms with Gasteiger partial charge in [0.15, 0.2) is 11.5 Å². The molecule has 0 radical (unpaired) electrons. The lowest BCUT2D eigenvalue weighted by Gasteiger charge is -2.10. The molecule has 2 rings (SSSR count). The Morgan fingerprint density at radius 3 is 2.75 bits per heavy atom. The molecule has 0 saturated carbocycles. The molecule has 1 amide bonds. The Balaban J connectivity index is 1.87. The van der Waals surface area contributed by atoms with Gasteiger partial charge in [-0.3, -0.25) is 9.59 Å². The number of hydrogen-bond donors (Lipinski definition) is 1. The Bertz CT molecular complexity index is 723. The molecule has 1 aromatic heterocycles. The Labute approximate surface area is 144 Å². The molecular formula is C18H19NO4S. The minimum atomic E-state index is -0.432. The van der Waals surface area contributed by atoms with E-state index in [4.69, 9.17) is 9.47 Å². The summed E-state index contributed by atoms with van der Waals surface area (Å²) < 4.78 is 10.6. The normalized spacial score (nSPS) is 10.6. The number of carbonyl (C=O) groups excluding carboxylic acids is 2. The summed E-state index contributed by atoms with van der Waals surface area (Å²) in [4.78, 5) is 24.3. The summed E-state index contributed by atoms with van der Waals surface area (Å²) in [6, 6.07) is 8.86. The first-order valence-electron chi connectivity index (χ1n) is 7.47. The third kappa shape index (κ3) is 4.96. The summed E-state index contributed by atoms with van der Waals surface area (Å²) in [5.74, 6) is 0.228. The second-order valence-electron chi connectivity index (χ2n) is 4.87. The van der Waals surface area contributed by atoms with Crippen LogP contribution in [0.1, 0.15) is 28.6 Å². The molecule has 0 aliphatic rings. The number of amides is 1. The highest BCUT2D eigenvalue weighted by Gasteiger charge is 2.12. The van der Waals surface area contributed by atoms with Crippen molar-refractivity contribution in [3.63, 3.8) is 0 Å². The Kier molecular flexibility index (Phi) is 6.57. The maximum Gasteiger partial charge on any atom is 0.313 e. The van der Waals surface area contributed by atoms with Crippen molar-refractivity contribution in [2.75, 3.05) is 13.7 Å². The van der Waals surface area contributed by atoms with Gasteiger partial charge in [0, 0.05) is 6.54 Å². The Hall–Kier alpha value is -2.60. The second-order valence-corrected chi connectivity index (χ2v) is 5.82. The average Bonchev–Trinajstić information content (AvgIpc) is 3.11. The van der Waals surface area contributed by atoms with Crippen LogP contribution in [0.25, 0.3) is 6.08 Å². The fraction of sp³-hybridized carbons (Fsp3) is 0.222. The predicted molar refractivity (Wildman–Crippen MR) is 94.6 cm³/mol. The SMILES string of the molecule is C/C=C/c1ccc(OC(=O)CCNC(=O)c2cccs2)c(OC)c1. The van der Waals surface area contributed by atoms with Crippen LogP contribution < -0.4 is 14.8 Å². The van der Waals surface area contributed by atoms with Crippen molar-refractivity contribution in [2.45, 2.75) is 13.3 Å². The van der Waals surface area contributed by atoms with E-state index in [-0.39, 0.29) is 18.9 Å². The molecule has 6 heteroatoms. The van der Waals surface area contributed by atoms with Crippen molar-refractivity contribution in [3.05, 3.63) is 52.2 Å². The van der Waals surface area contributed by atoms with Crippen molar-refractivity contribution in [3.8, 4) is 11.5 Å². The largest absolute Gasteiger partial charge is 0.493 e. The number of carbonyl (C=O) groups is 2. The minimum absolute atomic E-state index is 0.0802. The molecule has 0 spiro atoms. The molecule has 24 heavy (non-hydrogen) atoms. The lowest BCUT2D eigenvalue weighted by Crippen LogP contribution is -2.26. The van der Waals surface area contributed by atoms with E-state index in [1.807, 2.05) is 30.5 Å². The summed E-state index contributed by atoms with van der Waals surface area (Å²) in [5.41, 5.74) is 0.956. The highest BCUT2D eigenvalue weighted by molar-refractivity contribution is 7.12. The summed E-state index contributed by atoms with van der Waals surface area (Å²) in [6.45, 7) is 2.14. The lowest BCUT2D eigenvalue weighted by atomic mass is 10.2. The number of methoxy groups -OCH3 is 1. The predicted octanol–water partition coefficient (Wildman–Crippen LogP) is 3.52. The molecular weight excluding hydrogens is 326 g/mol. The zero-order chi connectivity index (χ0) is 17.4. The van der Waals surface area contributed by atoms with E-state index in [0.29, 0.717) is 16.4 Å². The molecule has 1 aromatic carbocycles. The topological polar surface area (TPSA) is 64.6 Å². The first-order chi connectivity index (χ1) is 11.6. The quantitative estimate of drug-likeness (QED) is 0.616. The molecule has 0 unspecified atom stereocenters. The van der Waals surface area contributed by atoms with Crippen LogP contribution in [0.2, 0.25) is 0 Å². The van der Waals surface area contributed by atoms with Gasteiger partial charge in [-0.2, -0.15) is 0 Å². The van der Waals surface area contributed by atoms with Gasteiger partial charge in [0.25, 0.3) is 5.91 Å². The van der Waals surface area contributed by atoms with Crippen LogP contribution in [0.15, 0.2) is 41.8 Å². The highest BCUT2D eigenvalue weighted by atomic mass is 32.1. The molecule has 2 aromatic rings. The molecule has 0 aliphatic carbocycles. The highest BCUT2D eigenvalue weighted by Crippen LogP contribution is 2.28. The van der Waals surface area contributed by atoms with Crippen LogP contribution >= 0.6 is 11.3 Å². The summed E-state index contributed by atoms with van der Waals surface area (Å²) >= 11 is 1.35. The number of allylic oxidation sites excluding steroid dienone is 1. The van der Waals surface area contributed by atoms with Crippen LogP contribution in [0.5, 0.6) is 11.5 Å². The van der Waals surface area contributed by atoms with Crippen LogP contribution in [0.3, 0.4) is 0 Å². The lowest BCUT2D eigenvalue weighted by molar-refractivity contribution is -0.134. The van der Waals surface area contributed by atoms with Crippen molar-refractivity contribution < 1.29 is 19.1 Å².